The molecule has 1 N–H and O–H groups in total. The monoisotopic (exact) mass is 425 g/mol. The molecule has 0 aliphatic carbocycles. The van der Waals surface area contributed by atoms with Gasteiger partial charge < -0.3 is 19.5 Å². The second-order valence-corrected chi connectivity index (χ2v) is 9.82. The standard InChI is InChI=1S/C26H35NO4/c1-8-22(30-18-11-9-17(10-12-18)25(2,3)4)24(28)27-21-16-26(5,6)31-23-14-13-19(29-7)15-20(21)23/h9-15,21-22H,8,16H2,1-7H3,(H,27,28)/t21-,22-/m0/s1. The smallest absolute Gasteiger partial charge is 0.261 e. The Morgan fingerprint density at radius 2 is 1.81 bits per heavy atom. The molecule has 0 aromatic heterocycles. The summed E-state index contributed by atoms with van der Waals surface area (Å²) in [4.78, 5) is 13.1. The highest BCUT2D eigenvalue weighted by Gasteiger charge is 2.36. The van der Waals surface area contributed by atoms with Gasteiger partial charge in [0.05, 0.1) is 13.2 Å². The number of hydrogen-bond acceptors (Lipinski definition) is 4. The van der Waals surface area contributed by atoms with E-state index in [1.54, 1.807) is 7.11 Å². The molecule has 1 heterocycles. The van der Waals surface area contributed by atoms with Crippen LogP contribution in [0.1, 0.15) is 71.6 Å². The van der Waals surface area contributed by atoms with E-state index in [-0.39, 0.29) is 23.0 Å². The number of carbonyl (C=O) groups excluding carboxylic acids is 1. The zero-order valence-corrected chi connectivity index (χ0v) is 19.7. The van der Waals surface area contributed by atoms with Gasteiger partial charge in [0.25, 0.3) is 5.91 Å². The van der Waals surface area contributed by atoms with Crippen LogP contribution >= 0.6 is 0 Å². The summed E-state index contributed by atoms with van der Waals surface area (Å²) in [5, 5.41) is 3.19. The molecular formula is C26H35NO4. The molecule has 31 heavy (non-hydrogen) atoms. The molecule has 1 aliphatic rings. The van der Waals surface area contributed by atoms with Crippen LogP contribution in [-0.2, 0) is 10.2 Å². The fourth-order valence-electron chi connectivity index (χ4n) is 3.87. The van der Waals surface area contributed by atoms with Crippen LogP contribution in [0.25, 0.3) is 0 Å². The van der Waals surface area contributed by atoms with Crippen LogP contribution < -0.4 is 19.5 Å². The van der Waals surface area contributed by atoms with Crippen LogP contribution in [0.2, 0.25) is 0 Å². The minimum atomic E-state index is -0.569. The van der Waals surface area contributed by atoms with E-state index in [2.05, 4.69) is 38.2 Å². The van der Waals surface area contributed by atoms with Gasteiger partial charge in [-0.25, -0.2) is 0 Å². The first-order chi connectivity index (χ1) is 14.5. The molecule has 0 radical (unpaired) electrons. The first-order valence-corrected chi connectivity index (χ1v) is 11.0. The molecule has 0 fully saturated rings. The van der Waals surface area contributed by atoms with Crippen molar-refractivity contribution < 1.29 is 19.0 Å². The number of benzene rings is 2. The summed E-state index contributed by atoms with van der Waals surface area (Å²) < 4.78 is 17.5. The number of carbonyl (C=O) groups is 1. The van der Waals surface area contributed by atoms with Crippen molar-refractivity contribution in [2.45, 2.75) is 77.5 Å². The average molecular weight is 426 g/mol. The molecule has 2 atom stereocenters. The van der Waals surface area contributed by atoms with Crippen molar-refractivity contribution in [2.75, 3.05) is 7.11 Å². The van der Waals surface area contributed by atoms with Gasteiger partial charge in [0.2, 0.25) is 0 Å². The van der Waals surface area contributed by atoms with Gasteiger partial charge in [0.15, 0.2) is 6.10 Å². The lowest BCUT2D eigenvalue weighted by atomic mass is 9.87. The maximum Gasteiger partial charge on any atom is 0.261 e. The first-order valence-electron chi connectivity index (χ1n) is 11.0. The number of hydrogen-bond donors (Lipinski definition) is 1. The van der Waals surface area contributed by atoms with Crippen molar-refractivity contribution in [1.29, 1.82) is 0 Å². The van der Waals surface area contributed by atoms with E-state index in [0.717, 1.165) is 17.1 Å². The quantitative estimate of drug-likeness (QED) is 0.657. The maximum atomic E-state index is 13.1. The van der Waals surface area contributed by atoms with E-state index >= 15 is 0 Å². The summed E-state index contributed by atoms with van der Waals surface area (Å²) in [7, 11) is 1.63. The molecule has 2 aromatic carbocycles. The summed E-state index contributed by atoms with van der Waals surface area (Å²) in [6, 6.07) is 13.5. The lowest BCUT2D eigenvalue weighted by Crippen LogP contribution is -2.45. The number of rotatable bonds is 6. The maximum absolute atomic E-state index is 13.1. The Bertz CT molecular complexity index is 912. The molecule has 0 saturated heterocycles. The normalized spacial score (nSPS) is 18.4. The zero-order chi connectivity index (χ0) is 22.8. The fraction of sp³-hybridized carbons (Fsp3) is 0.500. The van der Waals surface area contributed by atoms with Crippen LogP contribution in [0.5, 0.6) is 17.2 Å². The van der Waals surface area contributed by atoms with Crippen molar-refractivity contribution in [3.05, 3.63) is 53.6 Å². The van der Waals surface area contributed by atoms with Gasteiger partial charge in [-0.2, -0.15) is 0 Å². The topological polar surface area (TPSA) is 56.8 Å². The van der Waals surface area contributed by atoms with Crippen molar-refractivity contribution in [3.63, 3.8) is 0 Å². The first kappa shape index (κ1) is 23.0. The van der Waals surface area contributed by atoms with Crippen molar-refractivity contribution in [1.82, 2.24) is 5.32 Å². The molecule has 0 saturated carbocycles. The van der Waals surface area contributed by atoms with Gasteiger partial charge in [0.1, 0.15) is 22.8 Å². The highest BCUT2D eigenvalue weighted by molar-refractivity contribution is 5.81. The van der Waals surface area contributed by atoms with Crippen LogP contribution in [0, 0.1) is 0 Å². The average Bonchev–Trinajstić information content (AvgIpc) is 2.70. The van der Waals surface area contributed by atoms with Gasteiger partial charge >= 0.3 is 0 Å². The van der Waals surface area contributed by atoms with Crippen LogP contribution in [0.3, 0.4) is 0 Å². The zero-order valence-electron chi connectivity index (χ0n) is 19.7. The fourth-order valence-corrected chi connectivity index (χ4v) is 3.87. The van der Waals surface area contributed by atoms with E-state index < -0.39 is 6.10 Å². The lowest BCUT2D eigenvalue weighted by Gasteiger charge is -2.38. The second-order valence-electron chi connectivity index (χ2n) is 9.82. The third kappa shape index (κ3) is 5.52. The highest BCUT2D eigenvalue weighted by Crippen LogP contribution is 2.41. The minimum absolute atomic E-state index is 0.0738. The Morgan fingerprint density at radius 1 is 1.16 bits per heavy atom. The van der Waals surface area contributed by atoms with E-state index in [9.17, 15) is 4.79 Å². The highest BCUT2D eigenvalue weighted by atomic mass is 16.5. The molecule has 1 aliphatic heterocycles. The van der Waals surface area contributed by atoms with Crippen molar-refractivity contribution >= 4 is 5.91 Å². The molecule has 0 bridgehead atoms. The molecule has 3 rings (SSSR count). The Kier molecular flexibility index (Phi) is 6.54. The molecule has 5 nitrogen and oxygen atoms in total. The third-order valence-corrected chi connectivity index (χ3v) is 5.65. The Morgan fingerprint density at radius 3 is 2.39 bits per heavy atom. The third-order valence-electron chi connectivity index (χ3n) is 5.65. The molecule has 168 valence electrons. The van der Waals surface area contributed by atoms with E-state index in [0.29, 0.717) is 18.6 Å². The van der Waals surface area contributed by atoms with Crippen molar-refractivity contribution in [3.8, 4) is 17.2 Å². The summed E-state index contributed by atoms with van der Waals surface area (Å²) in [6.07, 6.45) is 0.667. The molecular weight excluding hydrogens is 390 g/mol. The van der Waals surface area contributed by atoms with Crippen LogP contribution in [0.4, 0.5) is 0 Å². The second kappa shape index (κ2) is 8.81. The molecule has 2 aromatic rings. The van der Waals surface area contributed by atoms with Gasteiger partial charge in [0, 0.05) is 12.0 Å². The van der Waals surface area contributed by atoms with E-state index in [1.807, 2.05) is 51.1 Å². The Labute approximate surface area is 186 Å². The van der Waals surface area contributed by atoms with Crippen molar-refractivity contribution in [2.24, 2.45) is 0 Å². The van der Waals surface area contributed by atoms with Gasteiger partial charge in [-0.15, -0.1) is 0 Å². The number of fused-ring (bicyclic) bond motifs is 1. The summed E-state index contributed by atoms with van der Waals surface area (Å²) in [5.41, 5.74) is 1.85. The SMILES string of the molecule is CC[C@H](Oc1ccc(C(C)(C)C)cc1)C(=O)N[C@H]1CC(C)(C)Oc2ccc(OC)cc21. The van der Waals surface area contributed by atoms with Crippen LogP contribution in [-0.4, -0.2) is 24.7 Å². The largest absolute Gasteiger partial charge is 0.497 e. The number of methoxy groups -OCH3 is 1. The van der Waals surface area contributed by atoms with E-state index in [1.165, 1.54) is 5.56 Å². The number of ether oxygens (including phenoxy) is 3. The summed E-state index contributed by atoms with van der Waals surface area (Å²) >= 11 is 0. The van der Waals surface area contributed by atoms with Crippen LogP contribution in [0.15, 0.2) is 42.5 Å². The summed E-state index contributed by atoms with van der Waals surface area (Å²) in [5.74, 6) is 2.08. The van der Waals surface area contributed by atoms with Gasteiger partial charge in [-0.1, -0.05) is 39.8 Å². The summed E-state index contributed by atoms with van der Waals surface area (Å²) in [6.45, 7) is 12.5. The molecule has 5 heteroatoms. The number of amides is 1. The van der Waals surface area contributed by atoms with Gasteiger partial charge in [-0.3, -0.25) is 4.79 Å². The molecule has 0 unspecified atom stereocenters. The Balaban J connectivity index is 1.76. The minimum Gasteiger partial charge on any atom is -0.497 e. The van der Waals surface area contributed by atoms with E-state index in [4.69, 9.17) is 14.2 Å². The van der Waals surface area contributed by atoms with Gasteiger partial charge in [-0.05, 0) is 61.6 Å². The molecule has 1 amide bonds. The lowest BCUT2D eigenvalue weighted by molar-refractivity contribution is -0.129. The Hall–Kier alpha value is -2.69. The predicted octanol–water partition coefficient (Wildman–Crippen LogP) is 5.57. The predicted molar refractivity (Wildman–Crippen MR) is 123 cm³/mol. The number of nitrogens with one attached hydrogen (secondary N) is 1. The molecule has 0 spiro atoms.